The summed E-state index contributed by atoms with van der Waals surface area (Å²) in [7, 11) is 1.63. The molecule has 2 rings (SSSR count). The standard InChI is InChI=1S/C15H20O3/c1-18-14-8-5-12(6-9-14)10-13(15(16)17)7-4-11-2-3-11/h5-6,8-9,11,13H,2-4,7,10H2,1H3,(H,16,17). The molecule has 1 atom stereocenters. The van der Waals surface area contributed by atoms with Crippen LogP contribution < -0.4 is 4.74 Å². The van der Waals surface area contributed by atoms with Crippen molar-refractivity contribution in [2.24, 2.45) is 11.8 Å². The summed E-state index contributed by atoms with van der Waals surface area (Å²) >= 11 is 0. The quantitative estimate of drug-likeness (QED) is 0.806. The first kappa shape index (κ1) is 12.9. The fraction of sp³-hybridized carbons (Fsp3) is 0.533. The van der Waals surface area contributed by atoms with E-state index in [2.05, 4.69) is 0 Å². The first-order valence-corrected chi connectivity index (χ1v) is 6.54. The summed E-state index contributed by atoms with van der Waals surface area (Å²) in [5, 5.41) is 9.24. The molecule has 18 heavy (non-hydrogen) atoms. The number of methoxy groups -OCH3 is 1. The van der Waals surface area contributed by atoms with Crippen LogP contribution in [-0.4, -0.2) is 18.2 Å². The van der Waals surface area contributed by atoms with Crippen LogP contribution >= 0.6 is 0 Å². The van der Waals surface area contributed by atoms with E-state index in [0.29, 0.717) is 6.42 Å². The molecular formula is C15H20O3. The van der Waals surface area contributed by atoms with Crippen molar-refractivity contribution in [1.82, 2.24) is 0 Å². The second-order valence-electron chi connectivity index (χ2n) is 5.11. The Labute approximate surface area is 108 Å². The van der Waals surface area contributed by atoms with Crippen LogP contribution in [-0.2, 0) is 11.2 Å². The average molecular weight is 248 g/mol. The number of carboxylic acids is 1. The van der Waals surface area contributed by atoms with Gasteiger partial charge in [0.05, 0.1) is 13.0 Å². The Balaban J connectivity index is 1.91. The lowest BCUT2D eigenvalue weighted by molar-refractivity contribution is -0.142. The molecule has 0 aliphatic heterocycles. The first-order chi connectivity index (χ1) is 8.69. The van der Waals surface area contributed by atoms with Crippen molar-refractivity contribution < 1.29 is 14.6 Å². The van der Waals surface area contributed by atoms with Crippen LogP contribution in [0.5, 0.6) is 5.75 Å². The van der Waals surface area contributed by atoms with E-state index in [0.717, 1.165) is 30.1 Å². The highest BCUT2D eigenvalue weighted by Gasteiger charge is 2.25. The maximum Gasteiger partial charge on any atom is 0.306 e. The molecule has 1 aromatic rings. The van der Waals surface area contributed by atoms with Gasteiger partial charge in [-0.05, 0) is 42.9 Å². The second-order valence-corrected chi connectivity index (χ2v) is 5.11. The summed E-state index contributed by atoms with van der Waals surface area (Å²) in [6.45, 7) is 0. The number of carboxylic acid groups (broad SMARTS) is 1. The first-order valence-electron chi connectivity index (χ1n) is 6.54. The number of ether oxygens (including phenoxy) is 1. The van der Waals surface area contributed by atoms with Crippen LogP contribution in [0.15, 0.2) is 24.3 Å². The molecule has 0 spiro atoms. The van der Waals surface area contributed by atoms with E-state index < -0.39 is 5.97 Å². The third-order valence-corrected chi connectivity index (χ3v) is 3.61. The van der Waals surface area contributed by atoms with Gasteiger partial charge in [0.1, 0.15) is 5.75 Å². The van der Waals surface area contributed by atoms with Gasteiger partial charge in [-0.3, -0.25) is 4.79 Å². The van der Waals surface area contributed by atoms with E-state index in [4.69, 9.17) is 4.74 Å². The zero-order valence-electron chi connectivity index (χ0n) is 10.8. The summed E-state index contributed by atoms with van der Waals surface area (Å²) in [4.78, 5) is 11.2. The minimum atomic E-state index is -0.675. The van der Waals surface area contributed by atoms with E-state index >= 15 is 0 Å². The van der Waals surface area contributed by atoms with Crippen LogP contribution in [0.1, 0.15) is 31.2 Å². The lowest BCUT2D eigenvalue weighted by Gasteiger charge is -2.12. The molecule has 0 radical (unpaired) electrons. The smallest absolute Gasteiger partial charge is 0.306 e. The largest absolute Gasteiger partial charge is 0.497 e. The molecule has 1 N–H and O–H groups in total. The highest BCUT2D eigenvalue weighted by molar-refractivity contribution is 5.70. The molecule has 0 saturated heterocycles. The molecule has 1 fully saturated rings. The second kappa shape index (κ2) is 5.89. The molecule has 0 bridgehead atoms. The molecule has 1 aliphatic carbocycles. The molecular weight excluding hydrogens is 228 g/mol. The van der Waals surface area contributed by atoms with Gasteiger partial charge in [0.15, 0.2) is 0 Å². The van der Waals surface area contributed by atoms with Crippen molar-refractivity contribution >= 4 is 5.97 Å². The van der Waals surface area contributed by atoms with Gasteiger partial charge < -0.3 is 9.84 Å². The van der Waals surface area contributed by atoms with Gasteiger partial charge in [0, 0.05) is 0 Å². The monoisotopic (exact) mass is 248 g/mol. The van der Waals surface area contributed by atoms with Crippen LogP contribution in [0.25, 0.3) is 0 Å². The van der Waals surface area contributed by atoms with Crippen molar-refractivity contribution in [2.75, 3.05) is 7.11 Å². The molecule has 1 unspecified atom stereocenters. The lowest BCUT2D eigenvalue weighted by Crippen LogP contribution is -2.16. The van der Waals surface area contributed by atoms with E-state index in [1.54, 1.807) is 7.11 Å². The summed E-state index contributed by atoms with van der Waals surface area (Å²) in [5.41, 5.74) is 1.07. The van der Waals surface area contributed by atoms with Gasteiger partial charge in [-0.15, -0.1) is 0 Å². The van der Waals surface area contributed by atoms with Gasteiger partial charge >= 0.3 is 5.97 Å². The topological polar surface area (TPSA) is 46.5 Å². The van der Waals surface area contributed by atoms with Crippen molar-refractivity contribution in [2.45, 2.75) is 32.1 Å². The third kappa shape index (κ3) is 3.76. The van der Waals surface area contributed by atoms with Crippen molar-refractivity contribution in [3.63, 3.8) is 0 Å². The minimum absolute atomic E-state index is 0.251. The maximum absolute atomic E-state index is 11.2. The number of hydrogen-bond acceptors (Lipinski definition) is 2. The Kier molecular flexibility index (Phi) is 4.24. The predicted molar refractivity (Wildman–Crippen MR) is 69.8 cm³/mol. The molecule has 98 valence electrons. The third-order valence-electron chi connectivity index (χ3n) is 3.61. The van der Waals surface area contributed by atoms with E-state index in [9.17, 15) is 9.90 Å². The molecule has 1 saturated carbocycles. The molecule has 1 aromatic carbocycles. The summed E-state index contributed by atoms with van der Waals surface area (Å²) in [5.74, 6) is 0.678. The molecule has 0 heterocycles. The fourth-order valence-corrected chi connectivity index (χ4v) is 2.20. The van der Waals surface area contributed by atoms with Gasteiger partial charge in [-0.2, -0.15) is 0 Å². The Morgan fingerprint density at radius 2 is 2.06 bits per heavy atom. The average Bonchev–Trinajstić information content (AvgIpc) is 3.19. The number of carbonyl (C=O) groups is 1. The van der Waals surface area contributed by atoms with Crippen LogP contribution in [0.4, 0.5) is 0 Å². The van der Waals surface area contributed by atoms with E-state index in [-0.39, 0.29) is 5.92 Å². The fourth-order valence-electron chi connectivity index (χ4n) is 2.20. The van der Waals surface area contributed by atoms with Crippen LogP contribution in [0.2, 0.25) is 0 Å². The molecule has 3 heteroatoms. The summed E-state index contributed by atoms with van der Waals surface area (Å²) in [6.07, 6.45) is 5.05. The normalized spacial score (nSPS) is 16.3. The van der Waals surface area contributed by atoms with Gasteiger partial charge in [-0.1, -0.05) is 25.0 Å². The Hall–Kier alpha value is -1.51. The van der Waals surface area contributed by atoms with Gasteiger partial charge in [0.2, 0.25) is 0 Å². The molecule has 0 aromatic heterocycles. The van der Waals surface area contributed by atoms with Crippen molar-refractivity contribution in [1.29, 1.82) is 0 Å². The van der Waals surface area contributed by atoms with Crippen molar-refractivity contribution in [3.05, 3.63) is 29.8 Å². The Morgan fingerprint density at radius 1 is 1.39 bits per heavy atom. The van der Waals surface area contributed by atoms with E-state index in [1.807, 2.05) is 24.3 Å². The number of benzene rings is 1. The van der Waals surface area contributed by atoms with Crippen molar-refractivity contribution in [3.8, 4) is 5.75 Å². The zero-order valence-corrected chi connectivity index (χ0v) is 10.8. The number of aliphatic carboxylic acids is 1. The zero-order chi connectivity index (χ0) is 13.0. The lowest BCUT2D eigenvalue weighted by atomic mass is 9.94. The van der Waals surface area contributed by atoms with Crippen LogP contribution in [0.3, 0.4) is 0 Å². The predicted octanol–water partition coefficient (Wildman–Crippen LogP) is 3.13. The maximum atomic E-state index is 11.2. The summed E-state index contributed by atoms with van der Waals surface area (Å²) in [6, 6.07) is 7.67. The highest BCUT2D eigenvalue weighted by Crippen LogP contribution is 2.35. The summed E-state index contributed by atoms with van der Waals surface area (Å²) < 4.78 is 5.09. The van der Waals surface area contributed by atoms with E-state index in [1.165, 1.54) is 12.8 Å². The molecule has 3 nitrogen and oxygen atoms in total. The highest BCUT2D eigenvalue weighted by atomic mass is 16.5. The number of rotatable bonds is 7. The molecule has 0 amide bonds. The Morgan fingerprint density at radius 3 is 2.56 bits per heavy atom. The molecule has 1 aliphatic rings. The van der Waals surface area contributed by atoms with Crippen LogP contribution in [0, 0.1) is 11.8 Å². The van der Waals surface area contributed by atoms with Gasteiger partial charge in [-0.25, -0.2) is 0 Å². The SMILES string of the molecule is COc1ccc(CC(CCC2CC2)C(=O)O)cc1. The van der Waals surface area contributed by atoms with Gasteiger partial charge in [0.25, 0.3) is 0 Å². The number of hydrogen-bond donors (Lipinski definition) is 1. The minimum Gasteiger partial charge on any atom is -0.497 e. The Bertz CT molecular complexity index is 393.